The number of halogens is 1. The number of hydrogen-bond acceptors (Lipinski definition) is 2. The smallest absolute Gasteiger partial charge is 0.0381 e. The fourth-order valence-electron chi connectivity index (χ4n) is 2.12. The Labute approximate surface area is 106 Å². The molecule has 0 amide bonds. The van der Waals surface area contributed by atoms with Crippen molar-refractivity contribution in [3.63, 3.8) is 0 Å². The molecule has 1 aliphatic rings. The molecule has 1 aromatic carbocycles. The Morgan fingerprint density at radius 3 is 2.88 bits per heavy atom. The predicted octanol–water partition coefficient (Wildman–Crippen LogP) is 3.17. The minimum absolute atomic E-state index is 0.819. The van der Waals surface area contributed by atoms with E-state index in [1.807, 2.05) is 0 Å². The fourth-order valence-corrected chi connectivity index (χ4v) is 2.49. The number of rotatable bonds is 3. The minimum atomic E-state index is 0.819. The quantitative estimate of drug-likeness (QED) is 0.890. The largest absolute Gasteiger partial charge is 0.385 e. The van der Waals surface area contributed by atoms with E-state index in [1.54, 1.807) is 0 Å². The molecule has 0 bridgehead atoms. The van der Waals surface area contributed by atoms with Crippen LogP contribution in [0.4, 0.5) is 5.69 Å². The first-order valence-electron chi connectivity index (χ1n) is 5.96. The first-order chi connectivity index (χ1) is 7.75. The summed E-state index contributed by atoms with van der Waals surface area (Å²) in [4.78, 5) is 0. The Hall–Kier alpha value is -0.540. The maximum atomic E-state index is 3.57. The standard InChI is InChI=1S/C13H19BrN2/c1-10-2-3-12(14)8-13(10)16-9-11-4-6-15-7-5-11/h2-3,8,11,15-16H,4-7,9H2,1H3. The molecule has 1 saturated heterocycles. The summed E-state index contributed by atoms with van der Waals surface area (Å²) in [6.07, 6.45) is 2.58. The van der Waals surface area contributed by atoms with Crippen LogP contribution in [0, 0.1) is 12.8 Å². The van der Waals surface area contributed by atoms with Crippen LogP contribution < -0.4 is 10.6 Å². The summed E-state index contributed by atoms with van der Waals surface area (Å²) in [7, 11) is 0. The molecule has 1 aromatic rings. The second-order valence-electron chi connectivity index (χ2n) is 4.53. The molecular weight excluding hydrogens is 264 g/mol. The summed E-state index contributed by atoms with van der Waals surface area (Å²) in [5, 5.41) is 6.96. The predicted molar refractivity (Wildman–Crippen MR) is 73.0 cm³/mol. The van der Waals surface area contributed by atoms with Gasteiger partial charge in [-0.1, -0.05) is 22.0 Å². The summed E-state index contributed by atoms with van der Waals surface area (Å²) in [5.41, 5.74) is 2.57. The molecule has 2 rings (SSSR count). The van der Waals surface area contributed by atoms with E-state index >= 15 is 0 Å². The van der Waals surface area contributed by atoms with Gasteiger partial charge in [-0.25, -0.2) is 0 Å². The molecular formula is C13H19BrN2. The van der Waals surface area contributed by atoms with E-state index in [2.05, 4.69) is 51.7 Å². The zero-order chi connectivity index (χ0) is 11.4. The summed E-state index contributed by atoms with van der Waals surface area (Å²) in [6, 6.07) is 6.40. The van der Waals surface area contributed by atoms with Crippen molar-refractivity contribution in [3.05, 3.63) is 28.2 Å². The lowest BCUT2D eigenvalue weighted by atomic mass is 9.98. The van der Waals surface area contributed by atoms with Gasteiger partial charge in [0, 0.05) is 16.7 Å². The van der Waals surface area contributed by atoms with Crippen molar-refractivity contribution in [2.75, 3.05) is 25.0 Å². The molecule has 2 N–H and O–H groups in total. The molecule has 1 heterocycles. The molecule has 0 atom stereocenters. The molecule has 1 fully saturated rings. The minimum Gasteiger partial charge on any atom is -0.385 e. The van der Waals surface area contributed by atoms with Crippen LogP contribution >= 0.6 is 15.9 Å². The molecule has 16 heavy (non-hydrogen) atoms. The van der Waals surface area contributed by atoms with Crippen LogP contribution in [0.1, 0.15) is 18.4 Å². The second-order valence-corrected chi connectivity index (χ2v) is 5.45. The molecule has 0 unspecified atom stereocenters. The Morgan fingerprint density at radius 2 is 2.12 bits per heavy atom. The van der Waals surface area contributed by atoms with Crippen LogP contribution in [-0.4, -0.2) is 19.6 Å². The Kier molecular flexibility index (Phi) is 4.24. The van der Waals surface area contributed by atoms with Gasteiger partial charge in [-0.15, -0.1) is 0 Å². The highest BCUT2D eigenvalue weighted by molar-refractivity contribution is 9.10. The van der Waals surface area contributed by atoms with Gasteiger partial charge in [0.05, 0.1) is 0 Å². The van der Waals surface area contributed by atoms with Gasteiger partial charge in [0.1, 0.15) is 0 Å². The zero-order valence-corrected chi connectivity index (χ0v) is 11.3. The van der Waals surface area contributed by atoms with Crippen LogP contribution in [0.3, 0.4) is 0 Å². The van der Waals surface area contributed by atoms with E-state index in [4.69, 9.17) is 0 Å². The average Bonchev–Trinajstić information content (AvgIpc) is 2.32. The van der Waals surface area contributed by atoms with Crippen molar-refractivity contribution in [1.82, 2.24) is 5.32 Å². The van der Waals surface area contributed by atoms with Gasteiger partial charge in [-0.3, -0.25) is 0 Å². The van der Waals surface area contributed by atoms with Gasteiger partial charge in [-0.05, 0) is 56.5 Å². The van der Waals surface area contributed by atoms with Crippen molar-refractivity contribution >= 4 is 21.6 Å². The number of nitrogens with one attached hydrogen (secondary N) is 2. The van der Waals surface area contributed by atoms with E-state index < -0.39 is 0 Å². The third-order valence-electron chi connectivity index (χ3n) is 3.24. The molecule has 2 nitrogen and oxygen atoms in total. The molecule has 0 spiro atoms. The van der Waals surface area contributed by atoms with Crippen LogP contribution in [-0.2, 0) is 0 Å². The highest BCUT2D eigenvalue weighted by Crippen LogP contribution is 2.21. The topological polar surface area (TPSA) is 24.1 Å². The van der Waals surface area contributed by atoms with E-state index in [9.17, 15) is 0 Å². The zero-order valence-electron chi connectivity index (χ0n) is 9.72. The third kappa shape index (κ3) is 3.22. The van der Waals surface area contributed by atoms with Crippen molar-refractivity contribution in [2.45, 2.75) is 19.8 Å². The molecule has 88 valence electrons. The van der Waals surface area contributed by atoms with Gasteiger partial charge in [0.25, 0.3) is 0 Å². The third-order valence-corrected chi connectivity index (χ3v) is 3.73. The van der Waals surface area contributed by atoms with Crippen LogP contribution in [0.25, 0.3) is 0 Å². The number of piperidine rings is 1. The Balaban J connectivity index is 1.90. The first-order valence-corrected chi connectivity index (χ1v) is 6.76. The number of benzene rings is 1. The summed E-state index contributed by atoms with van der Waals surface area (Å²) in [6.45, 7) is 5.59. The van der Waals surface area contributed by atoms with Gasteiger partial charge in [0.15, 0.2) is 0 Å². The van der Waals surface area contributed by atoms with Crippen molar-refractivity contribution in [3.8, 4) is 0 Å². The second kappa shape index (κ2) is 5.69. The molecule has 1 aliphatic heterocycles. The Bertz CT molecular complexity index is 346. The average molecular weight is 283 g/mol. The van der Waals surface area contributed by atoms with Crippen LogP contribution in [0.5, 0.6) is 0 Å². The van der Waals surface area contributed by atoms with E-state index in [-0.39, 0.29) is 0 Å². The molecule has 0 saturated carbocycles. The monoisotopic (exact) mass is 282 g/mol. The highest BCUT2D eigenvalue weighted by atomic mass is 79.9. The number of hydrogen-bond donors (Lipinski definition) is 2. The summed E-state index contributed by atoms with van der Waals surface area (Å²) in [5.74, 6) is 0.819. The fraction of sp³-hybridized carbons (Fsp3) is 0.538. The maximum Gasteiger partial charge on any atom is 0.0381 e. The lowest BCUT2D eigenvalue weighted by Crippen LogP contribution is -2.31. The van der Waals surface area contributed by atoms with E-state index in [0.717, 1.165) is 16.9 Å². The van der Waals surface area contributed by atoms with E-state index in [0.29, 0.717) is 0 Å². The first kappa shape index (κ1) is 11.9. The van der Waals surface area contributed by atoms with E-state index in [1.165, 1.54) is 37.2 Å². The van der Waals surface area contributed by atoms with Crippen molar-refractivity contribution < 1.29 is 0 Å². The van der Waals surface area contributed by atoms with Crippen LogP contribution in [0.15, 0.2) is 22.7 Å². The van der Waals surface area contributed by atoms with Gasteiger partial charge in [-0.2, -0.15) is 0 Å². The highest BCUT2D eigenvalue weighted by Gasteiger charge is 2.12. The normalized spacial score (nSPS) is 17.4. The molecule has 0 aromatic heterocycles. The van der Waals surface area contributed by atoms with Crippen molar-refractivity contribution in [1.29, 1.82) is 0 Å². The molecule has 0 radical (unpaired) electrons. The summed E-state index contributed by atoms with van der Waals surface area (Å²) >= 11 is 3.51. The number of aryl methyl sites for hydroxylation is 1. The molecule has 3 heteroatoms. The molecule has 0 aliphatic carbocycles. The lowest BCUT2D eigenvalue weighted by molar-refractivity contribution is 0.390. The maximum absolute atomic E-state index is 3.57. The van der Waals surface area contributed by atoms with Crippen molar-refractivity contribution in [2.24, 2.45) is 5.92 Å². The SMILES string of the molecule is Cc1ccc(Br)cc1NCC1CCNCC1. The van der Waals surface area contributed by atoms with Crippen LogP contribution in [0.2, 0.25) is 0 Å². The van der Waals surface area contributed by atoms with Gasteiger partial charge in [0.2, 0.25) is 0 Å². The lowest BCUT2D eigenvalue weighted by Gasteiger charge is -2.23. The van der Waals surface area contributed by atoms with Gasteiger partial charge < -0.3 is 10.6 Å². The van der Waals surface area contributed by atoms with Gasteiger partial charge >= 0.3 is 0 Å². The summed E-state index contributed by atoms with van der Waals surface area (Å²) < 4.78 is 1.14. The Morgan fingerprint density at radius 1 is 1.38 bits per heavy atom. The number of anilines is 1.